The first-order valence-electron chi connectivity index (χ1n) is 7.00. The van der Waals surface area contributed by atoms with Crippen LogP contribution in [0.3, 0.4) is 0 Å². The maximum atomic E-state index is 12.4. The number of hydrogen-bond donors (Lipinski definition) is 2. The third kappa shape index (κ3) is 3.49. The largest absolute Gasteiger partial charge is 0.382 e. The Kier molecular flexibility index (Phi) is 3.83. The molecular formula is C16H24N2O. The van der Waals surface area contributed by atoms with E-state index >= 15 is 0 Å². The first kappa shape index (κ1) is 13.9. The molecule has 2 rings (SSSR count). The van der Waals surface area contributed by atoms with Crippen LogP contribution < -0.4 is 10.6 Å². The van der Waals surface area contributed by atoms with E-state index in [2.05, 4.69) is 50.5 Å². The van der Waals surface area contributed by atoms with Crippen molar-refractivity contribution >= 4 is 11.6 Å². The highest BCUT2D eigenvalue weighted by molar-refractivity contribution is 5.86. The van der Waals surface area contributed by atoms with Crippen LogP contribution in [-0.4, -0.2) is 18.5 Å². The molecule has 0 fully saturated rings. The zero-order valence-corrected chi connectivity index (χ0v) is 12.3. The summed E-state index contributed by atoms with van der Waals surface area (Å²) in [4.78, 5) is 12.4. The van der Waals surface area contributed by atoms with Crippen molar-refractivity contribution in [3.05, 3.63) is 29.8 Å². The molecule has 2 atom stereocenters. The van der Waals surface area contributed by atoms with Gasteiger partial charge in [0, 0.05) is 18.3 Å². The van der Waals surface area contributed by atoms with E-state index in [1.54, 1.807) is 0 Å². The molecule has 2 N–H and O–H groups in total. The summed E-state index contributed by atoms with van der Waals surface area (Å²) in [5.74, 6) is 0.116. The number of hydrogen-bond acceptors (Lipinski definition) is 2. The van der Waals surface area contributed by atoms with Crippen LogP contribution >= 0.6 is 0 Å². The van der Waals surface area contributed by atoms with E-state index in [-0.39, 0.29) is 17.2 Å². The van der Waals surface area contributed by atoms with Crippen LogP contribution in [0.2, 0.25) is 0 Å². The van der Waals surface area contributed by atoms with Gasteiger partial charge < -0.3 is 10.6 Å². The highest BCUT2D eigenvalue weighted by atomic mass is 16.1. The van der Waals surface area contributed by atoms with Gasteiger partial charge in [0.25, 0.3) is 0 Å². The predicted molar refractivity (Wildman–Crippen MR) is 79.3 cm³/mol. The van der Waals surface area contributed by atoms with Crippen molar-refractivity contribution in [2.75, 3.05) is 11.9 Å². The van der Waals surface area contributed by atoms with Gasteiger partial charge in [-0.05, 0) is 30.4 Å². The SMILES string of the molecule is CC1CC(C(=O)NCC(C)(C)C)c2ccccc2N1. The van der Waals surface area contributed by atoms with Gasteiger partial charge in [-0.1, -0.05) is 39.0 Å². The quantitative estimate of drug-likeness (QED) is 0.857. The Morgan fingerprint density at radius 2 is 2.05 bits per heavy atom. The fourth-order valence-corrected chi connectivity index (χ4v) is 2.46. The molecule has 0 aliphatic carbocycles. The molecule has 0 spiro atoms. The van der Waals surface area contributed by atoms with Gasteiger partial charge >= 0.3 is 0 Å². The zero-order valence-electron chi connectivity index (χ0n) is 12.3. The Bertz CT molecular complexity index is 462. The van der Waals surface area contributed by atoms with Crippen LogP contribution in [0.1, 0.15) is 45.6 Å². The van der Waals surface area contributed by atoms with Crippen LogP contribution in [0.5, 0.6) is 0 Å². The average Bonchev–Trinajstić information content (AvgIpc) is 2.34. The molecule has 1 aliphatic rings. The van der Waals surface area contributed by atoms with Crippen molar-refractivity contribution in [2.45, 2.75) is 46.1 Å². The molecule has 19 heavy (non-hydrogen) atoms. The summed E-state index contributed by atoms with van der Waals surface area (Å²) in [5.41, 5.74) is 2.33. The Morgan fingerprint density at radius 3 is 2.74 bits per heavy atom. The van der Waals surface area contributed by atoms with Gasteiger partial charge in [-0.15, -0.1) is 0 Å². The summed E-state index contributed by atoms with van der Waals surface area (Å²) in [6, 6.07) is 8.44. The van der Waals surface area contributed by atoms with Crippen molar-refractivity contribution in [1.82, 2.24) is 5.32 Å². The van der Waals surface area contributed by atoms with Gasteiger partial charge in [-0.3, -0.25) is 4.79 Å². The summed E-state index contributed by atoms with van der Waals surface area (Å²) in [7, 11) is 0. The number of anilines is 1. The van der Waals surface area contributed by atoms with Gasteiger partial charge in [0.05, 0.1) is 5.92 Å². The summed E-state index contributed by atoms with van der Waals surface area (Å²) < 4.78 is 0. The van der Waals surface area contributed by atoms with Gasteiger partial charge in [0.15, 0.2) is 0 Å². The molecule has 104 valence electrons. The Balaban J connectivity index is 2.14. The summed E-state index contributed by atoms with van der Waals surface area (Å²) in [5, 5.41) is 6.52. The van der Waals surface area contributed by atoms with Gasteiger partial charge in [-0.2, -0.15) is 0 Å². The second-order valence-electron chi connectivity index (χ2n) is 6.70. The lowest BCUT2D eigenvalue weighted by Crippen LogP contribution is -2.39. The summed E-state index contributed by atoms with van der Waals surface area (Å²) >= 11 is 0. The molecule has 0 saturated carbocycles. The molecule has 0 aromatic heterocycles. The molecule has 0 bridgehead atoms. The van der Waals surface area contributed by atoms with E-state index in [1.807, 2.05) is 12.1 Å². The second kappa shape index (κ2) is 5.24. The topological polar surface area (TPSA) is 41.1 Å². The minimum absolute atomic E-state index is 0.0326. The Morgan fingerprint density at radius 1 is 1.37 bits per heavy atom. The molecular weight excluding hydrogens is 236 g/mol. The molecule has 1 aliphatic heterocycles. The van der Waals surface area contributed by atoms with E-state index in [9.17, 15) is 4.79 Å². The minimum Gasteiger partial charge on any atom is -0.382 e. The minimum atomic E-state index is -0.0326. The number of carbonyl (C=O) groups excluding carboxylic acids is 1. The maximum Gasteiger partial charge on any atom is 0.227 e. The first-order valence-corrected chi connectivity index (χ1v) is 7.00. The number of fused-ring (bicyclic) bond motifs is 1. The van der Waals surface area contributed by atoms with Crippen molar-refractivity contribution in [3.63, 3.8) is 0 Å². The van der Waals surface area contributed by atoms with E-state index < -0.39 is 0 Å². The average molecular weight is 260 g/mol. The van der Waals surface area contributed by atoms with E-state index in [0.717, 1.165) is 17.7 Å². The smallest absolute Gasteiger partial charge is 0.227 e. The van der Waals surface area contributed by atoms with Gasteiger partial charge in [-0.25, -0.2) is 0 Å². The number of amides is 1. The van der Waals surface area contributed by atoms with E-state index in [0.29, 0.717) is 12.6 Å². The van der Waals surface area contributed by atoms with E-state index in [1.165, 1.54) is 0 Å². The standard InChI is InChI=1S/C16H24N2O/c1-11-9-13(15(19)17-10-16(2,3)4)12-7-5-6-8-14(12)18-11/h5-8,11,13,18H,9-10H2,1-4H3,(H,17,19). The molecule has 1 aromatic rings. The van der Waals surface area contributed by atoms with Gasteiger partial charge in [0.2, 0.25) is 5.91 Å². The third-order valence-corrected chi connectivity index (χ3v) is 3.44. The normalized spacial score (nSPS) is 22.3. The lowest BCUT2D eigenvalue weighted by Gasteiger charge is -2.31. The van der Waals surface area contributed by atoms with Crippen molar-refractivity contribution in [3.8, 4) is 0 Å². The molecule has 1 amide bonds. The Labute approximate surface area is 115 Å². The van der Waals surface area contributed by atoms with Gasteiger partial charge in [0.1, 0.15) is 0 Å². The zero-order chi connectivity index (χ0) is 14.0. The number of benzene rings is 1. The second-order valence-corrected chi connectivity index (χ2v) is 6.70. The molecule has 3 nitrogen and oxygen atoms in total. The third-order valence-electron chi connectivity index (χ3n) is 3.44. The maximum absolute atomic E-state index is 12.4. The lowest BCUT2D eigenvalue weighted by atomic mass is 9.86. The van der Waals surface area contributed by atoms with Crippen molar-refractivity contribution in [1.29, 1.82) is 0 Å². The molecule has 1 heterocycles. The number of rotatable bonds is 2. The highest BCUT2D eigenvalue weighted by Crippen LogP contribution is 2.34. The number of para-hydroxylation sites is 1. The number of carbonyl (C=O) groups is 1. The van der Waals surface area contributed by atoms with E-state index in [4.69, 9.17) is 0 Å². The van der Waals surface area contributed by atoms with Crippen LogP contribution in [0, 0.1) is 5.41 Å². The summed E-state index contributed by atoms with van der Waals surface area (Å²) in [6.45, 7) is 9.23. The summed E-state index contributed by atoms with van der Waals surface area (Å²) in [6.07, 6.45) is 0.854. The highest BCUT2D eigenvalue weighted by Gasteiger charge is 2.29. The predicted octanol–water partition coefficient (Wildman–Crippen LogP) is 3.14. The monoisotopic (exact) mass is 260 g/mol. The molecule has 3 heteroatoms. The molecule has 2 unspecified atom stereocenters. The van der Waals surface area contributed by atoms with Crippen LogP contribution in [0.15, 0.2) is 24.3 Å². The van der Waals surface area contributed by atoms with Crippen molar-refractivity contribution in [2.24, 2.45) is 5.41 Å². The fraction of sp³-hybridized carbons (Fsp3) is 0.562. The van der Waals surface area contributed by atoms with Crippen LogP contribution in [-0.2, 0) is 4.79 Å². The van der Waals surface area contributed by atoms with Crippen molar-refractivity contribution < 1.29 is 4.79 Å². The van der Waals surface area contributed by atoms with Crippen LogP contribution in [0.4, 0.5) is 5.69 Å². The molecule has 0 saturated heterocycles. The fourth-order valence-electron chi connectivity index (χ4n) is 2.46. The molecule has 0 radical (unpaired) electrons. The lowest BCUT2D eigenvalue weighted by molar-refractivity contribution is -0.123. The first-order chi connectivity index (χ1) is 8.87. The number of nitrogens with one attached hydrogen (secondary N) is 2. The molecule has 1 aromatic carbocycles. The Hall–Kier alpha value is -1.51. The van der Waals surface area contributed by atoms with Crippen LogP contribution in [0.25, 0.3) is 0 Å².